The minimum Gasteiger partial charge on any atom is -0.406 e. The van der Waals surface area contributed by atoms with Crippen molar-refractivity contribution in [3.63, 3.8) is 0 Å². The maximum absolute atomic E-state index is 12.9. The third-order valence-corrected chi connectivity index (χ3v) is 3.15. The minimum absolute atomic E-state index is 0.0558. The number of anilines is 1. The Morgan fingerprint density at radius 1 is 1.12 bits per heavy atom. The van der Waals surface area contributed by atoms with Gasteiger partial charge in [-0.05, 0) is 42.0 Å². The first kappa shape index (κ1) is 17.9. The van der Waals surface area contributed by atoms with Crippen LogP contribution in [0.25, 0.3) is 0 Å². The molecule has 0 aromatic heterocycles. The SMILES string of the molecule is O=C(NCc1ccc(F)cc1Cl)Nc1ccc(OC(F)(F)F)cc1. The van der Waals surface area contributed by atoms with Gasteiger partial charge in [0.15, 0.2) is 0 Å². The predicted octanol–water partition coefficient (Wildman–Crippen LogP) is 4.70. The van der Waals surface area contributed by atoms with E-state index in [0.29, 0.717) is 5.56 Å². The van der Waals surface area contributed by atoms with Crippen molar-refractivity contribution in [3.05, 3.63) is 58.9 Å². The second-order valence-electron chi connectivity index (χ2n) is 4.62. The molecule has 0 aliphatic heterocycles. The number of urea groups is 1. The van der Waals surface area contributed by atoms with Gasteiger partial charge in [-0.2, -0.15) is 0 Å². The molecule has 2 rings (SSSR count). The van der Waals surface area contributed by atoms with Crippen LogP contribution in [0.15, 0.2) is 42.5 Å². The second kappa shape index (κ2) is 7.39. The number of benzene rings is 2. The highest BCUT2D eigenvalue weighted by Gasteiger charge is 2.30. The molecule has 0 aliphatic carbocycles. The number of hydrogen-bond acceptors (Lipinski definition) is 2. The van der Waals surface area contributed by atoms with Crippen molar-refractivity contribution in [2.75, 3.05) is 5.32 Å². The van der Waals surface area contributed by atoms with Crippen molar-refractivity contribution in [3.8, 4) is 5.75 Å². The standard InChI is InChI=1S/C15H11ClF4N2O2/c16-13-7-10(17)2-1-9(13)8-21-14(23)22-11-3-5-12(6-4-11)24-15(18,19)20/h1-7H,8H2,(H2,21,22,23). The molecular formula is C15H11ClF4N2O2. The molecule has 2 aromatic carbocycles. The average Bonchev–Trinajstić information content (AvgIpc) is 2.47. The predicted molar refractivity (Wildman–Crippen MR) is 80.4 cm³/mol. The molecule has 0 spiro atoms. The van der Waals surface area contributed by atoms with Crippen LogP contribution in [-0.2, 0) is 6.54 Å². The van der Waals surface area contributed by atoms with Crippen LogP contribution >= 0.6 is 11.6 Å². The van der Waals surface area contributed by atoms with Gasteiger partial charge in [-0.3, -0.25) is 0 Å². The zero-order chi connectivity index (χ0) is 17.7. The van der Waals surface area contributed by atoms with Gasteiger partial charge in [-0.15, -0.1) is 13.2 Å². The van der Waals surface area contributed by atoms with E-state index in [-0.39, 0.29) is 17.3 Å². The summed E-state index contributed by atoms with van der Waals surface area (Å²) in [5.41, 5.74) is 0.786. The van der Waals surface area contributed by atoms with E-state index in [0.717, 1.165) is 18.2 Å². The maximum atomic E-state index is 12.9. The Labute approximate surface area is 139 Å². The fraction of sp³-hybridized carbons (Fsp3) is 0.133. The smallest absolute Gasteiger partial charge is 0.406 e. The van der Waals surface area contributed by atoms with Crippen molar-refractivity contribution in [1.82, 2.24) is 5.32 Å². The molecule has 4 nitrogen and oxygen atoms in total. The largest absolute Gasteiger partial charge is 0.573 e. The Morgan fingerprint density at radius 2 is 1.79 bits per heavy atom. The van der Waals surface area contributed by atoms with E-state index in [9.17, 15) is 22.4 Å². The summed E-state index contributed by atoms with van der Waals surface area (Å²) in [5.74, 6) is -0.888. The van der Waals surface area contributed by atoms with Crippen LogP contribution in [0.3, 0.4) is 0 Å². The van der Waals surface area contributed by atoms with Crippen molar-refractivity contribution in [1.29, 1.82) is 0 Å². The number of carbonyl (C=O) groups excluding carboxylic acids is 1. The molecule has 2 amide bonds. The molecule has 0 fully saturated rings. The maximum Gasteiger partial charge on any atom is 0.573 e. The lowest BCUT2D eigenvalue weighted by Crippen LogP contribution is -2.28. The Kier molecular flexibility index (Phi) is 5.50. The lowest BCUT2D eigenvalue weighted by molar-refractivity contribution is -0.274. The zero-order valence-electron chi connectivity index (χ0n) is 12.0. The third kappa shape index (κ3) is 5.62. The molecule has 24 heavy (non-hydrogen) atoms. The Hall–Kier alpha value is -2.48. The normalized spacial score (nSPS) is 11.0. The van der Waals surface area contributed by atoms with Gasteiger partial charge in [0, 0.05) is 17.3 Å². The van der Waals surface area contributed by atoms with Crippen molar-refractivity contribution in [2.24, 2.45) is 0 Å². The molecule has 0 bridgehead atoms. The average molecular weight is 363 g/mol. The summed E-state index contributed by atoms with van der Waals surface area (Å²) in [5, 5.41) is 5.09. The molecule has 0 saturated heterocycles. The molecular weight excluding hydrogens is 352 g/mol. The van der Waals surface area contributed by atoms with Gasteiger partial charge in [0.1, 0.15) is 11.6 Å². The van der Waals surface area contributed by atoms with Gasteiger partial charge >= 0.3 is 12.4 Å². The van der Waals surface area contributed by atoms with Gasteiger partial charge in [0.05, 0.1) is 0 Å². The first-order chi connectivity index (χ1) is 11.2. The fourth-order valence-electron chi connectivity index (χ4n) is 1.76. The molecule has 0 atom stereocenters. The van der Waals surface area contributed by atoms with Crippen molar-refractivity contribution >= 4 is 23.3 Å². The van der Waals surface area contributed by atoms with Crippen LogP contribution in [0.1, 0.15) is 5.56 Å². The number of nitrogens with one attached hydrogen (secondary N) is 2. The van der Waals surface area contributed by atoms with Gasteiger partial charge in [0.25, 0.3) is 0 Å². The molecule has 0 aliphatic rings. The first-order valence-electron chi connectivity index (χ1n) is 6.57. The quantitative estimate of drug-likeness (QED) is 0.775. The lowest BCUT2D eigenvalue weighted by Gasteiger charge is -2.11. The van der Waals surface area contributed by atoms with E-state index in [1.54, 1.807) is 0 Å². The number of carbonyl (C=O) groups is 1. The van der Waals surface area contributed by atoms with Crippen molar-refractivity contribution < 1.29 is 27.1 Å². The van der Waals surface area contributed by atoms with E-state index in [4.69, 9.17) is 11.6 Å². The third-order valence-electron chi connectivity index (χ3n) is 2.80. The molecule has 2 N–H and O–H groups in total. The van der Waals surface area contributed by atoms with E-state index < -0.39 is 24.0 Å². The highest BCUT2D eigenvalue weighted by atomic mass is 35.5. The number of alkyl halides is 3. The van der Waals surface area contributed by atoms with Crippen molar-refractivity contribution in [2.45, 2.75) is 12.9 Å². The van der Waals surface area contributed by atoms with Crippen LogP contribution in [0, 0.1) is 5.82 Å². The summed E-state index contributed by atoms with van der Waals surface area (Å²) in [4.78, 5) is 11.7. The van der Waals surface area contributed by atoms with Crippen LogP contribution in [0.5, 0.6) is 5.75 Å². The van der Waals surface area contributed by atoms with E-state index in [1.807, 2.05) is 0 Å². The van der Waals surface area contributed by atoms with E-state index in [2.05, 4.69) is 15.4 Å². The van der Waals surface area contributed by atoms with Gasteiger partial charge in [-0.25, -0.2) is 9.18 Å². The molecule has 9 heteroatoms. The highest BCUT2D eigenvalue weighted by molar-refractivity contribution is 6.31. The summed E-state index contributed by atoms with van der Waals surface area (Å²) in [6.45, 7) is 0.0558. The Bertz CT molecular complexity index is 720. The zero-order valence-corrected chi connectivity index (χ0v) is 12.7. The summed E-state index contributed by atoms with van der Waals surface area (Å²) >= 11 is 5.83. The molecule has 0 heterocycles. The lowest BCUT2D eigenvalue weighted by atomic mass is 10.2. The number of rotatable bonds is 4. The fourth-order valence-corrected chi connectivity index (χ4v) is 1.99. The molecule has 128 valence electrons. The topological polar surface area (TPSA) is 50.4 Å². The van der Waals surface area contributed by atoms with E-state index >= 15 is 0 Å². The summed E-state index contributed by atoms with van der Waals surface area (Å²) < 4.78 is 52.7. The van der Waals surface area contributed by atoms with Gasteiger partial charge in [-0.1, -0.05) is 17.7 Å². The van der Waals surface area contributed by atoms with Crippen LogP contribution in [0.2, 0.25) is 5.02 Å². The molecule has 0 saturated carbocycles. The first-order valence-corrected chi connectivity index (χ1v) is 6.95. The molecule has 0 radical (unpaired) electrons. The van der Waals surface area contributed by atoms with Crippen LogP contribution in [-0.4, -0.2) is 12.4 Å². The number of halogens is 5. The number of amides is 2. The minimum atomic E-state index is -4.78. The van der Waals surface area contributed by atoms with E-state index in [1.165, 1.54) is 24.3 Å². The Balaban J connectivity index is 1.88. The van der Waals surface area contributed by atoms with Crippen LogP contribution < -0.4 is 15.4 Å². The number of ether oxygens (including phenoxy) is 1. The highest BCUT2D eigenvalue weighted by Crippen LogP contribution is 2.24. The summed E-state index contributed by atoms with van der Waals surface area (Å²) in [6.07, 6.45) is -4.78. The Morgan fingerprint density at radius 3 is 2.38 bits per heavy atom. The summed E-state index contributed by atoms with van der Waals surface area (Å²) in [7, 11) is 0. The number of hydrogen-bond donors (Lipinski definition) is 2. The summed E-state index contributed by atoms with van der Waals surface area (Å²) in [6, 6.07) is 7.81. The van der Waals surface area contributed by atoms with Crippen LogP contribution in [0.4, 0.5) is 28.0 Å². The molecule has 2 aromatic rings. The van der Waals surface area contributed by atoms with Gasteiger partial charge in [0.2, 0.25) is 0 Å². The van der Waals surface area contributed by atoms with Gasteiger partial charge < -0.3 is 15.4 Å². The second-order valence-corrected chi connectivity index (χ2v) is 5.02. The monoisotopic (exact) mass is 362 g/mol. The molecule has 0 unspecified atom stereocenters.